The first-order valence-electron chi connectivity index (χ1n) is 5.59. The van der Waals surface area contributed by atoms with Gasteiger partial charge in [0.1, 0.15) is 6.04 Å². The molecule has 0 unspecified atom stereocenters. The fourth-order valence-corrected chi connectivity index (χ4v) is 1.33. The Balaban J connectivity index is 0.000000218. The van der Waals surface area contributed by atoms with Crippen LogP contribution in [0, 0.1) is 0 Å². The average Bonchev–Trinajstić information content (AvgIpc) is 2.75. The molecule has 1 fully saturated rings. The highest BCUT2D eigenvalue weighted by atomic mass is 16.4. The number of carbonyl (C=O) groups is 3. The van der Waals surface area contributed by atoms with Crippen molar-refractivity contribution in [2.24, 2.45) is 5.73 Å². The quantitative estimate of drug-likeness (QED) is 0.547. The van der Waals surface area contributed by atoms with E-state index >= 15 is 0 Å². The Morgan fingerprint density at radius 3 is 2.32 bits per heavy atom. The van der Waals surface area contributed by atoms with E-state index in [2.05, 4.69) is 5.32 Å². The molecule has 0 aromatic heterocycles. The maximum absolute atomic E-state index is 10.4. The predicted molar refractivity (Wildman–Crippen MR) is 67.3 cm³/mol. The summed E-state index contributed by atoms with van der Waals surface area (Å²) in [4.78, 5) is 30.4. The SMILES string of the molecule is N[C@H](Cc1ccccc1)C(=O)O.O=C1CNC(=O)N1. The van der Waals surface area contributed by atoms with Crippen LogP contribution < -0.4 is 16.4 Å². The Kier molecular flexibility index (Phi) is 5.49. The molecule has 5 N–H and O–H groups in total. The third kappa shape index (κ3) is 5.64. The summed E-state index contributed by atoms with van der Waals surface area (Å²) in [6.45, 7) is 0.124. The summed E-state index contributed by atoms with van der Waals surface area (Å²) in [5, 5.41) is 12.8. The average molecular weight is 265 g/mol. The van der Waals surface area contributed by atoms with Crippen molar-refractivity contribution in [3.8, 4) is 0 Å². The largest absolute Gasteiger partial charge is 0.480 e. The van der Waals surface area contributed by atoms with Gasteiger partial charge in [-0.2, -0.15) is 0 Å². The standard InChI is InChI=1S/C9H11NO2.C3H4N2O2/c10-8(9(11)12)6-7-4-2-1-3-5-7;6-2-1-4-3(7)5-2/h1-5,8H,6,10H2,(H,11,12);1H2,(H2,4,5,6,7)/t8-;/m1./s1. The second-order valence-electron chi connectivity index (χ2n) is 3.87. The van der Waals surface area contributed by atoms with Crippen LogP contribution in [0.2, 0.25) is 0 Å². The van der Waals surface area contributed by atoms with Crippen LogP contribution in [0.5, 0.6) is 0 Å². The van der Waals surface area contributed by atoms with Gasteiger partial charge in [0, 0.05) is 0 Å². The number of nitrogens with one attached hydrogen (secondary N) is 2. The van der Waals surface area contributed by atoms with Crippen molar-refractivity contribution >= 4 is 17.9 Å². The zero-order chi connectivity index (χ0) is 14.3. The van der Waals surface area contributed by atoms with Crippen LogP contribution in [0.25, 0.3) is 0 Å². The minimum Gasteiger partial charge on any atom is -0.480 e. The van der Waals surface area contributed by atoms with Crippen molar-refractivity contribution in [3.05, 3.63) is 35.9 Å². The lowest BCUT2D eigenvalue weighted by Crippen LogP contribution is -2.32. The number of rotatable bonds is 3. The second-order valence-corrected chi connectivity index (χ2v) is 3.87. The normalized spacial score (nSPS) is 14.8. The van der Waals surface area contributed by atoms with E-state index in [-0.39, 0.29) is 12.5 Å². The summed E-state index contributed by atoms with van der Waals surface area (Å²) in [5.41, 5.74) is 6.30. The van der Waals surface area contributed by atoms with Gasteiger partial charge >= 0.3 is 12.0 Å². The molecule has 0 spiro atoms. The van der Waals surface area contributed by atoms with Crippen molar-refractivity contribution in [2.45, 2.75) is 12.5 Å². The van der Waals surface area contributed by atoms with Crippen LogP contribution in [0.4, 0.5) is 4.79 Å². The smallest absolute Gasteiger partial charge is 0.321 e. The first kappa shape index (κ1) is 14.7. The van der Waals surface area contributed by atoms with Crippen LogP contribution in [0.15, 0.2) is 30.3 Å². The fourth-order valence-electron chi connectivity index (χ4n) is 1.33. The molecule has 19 heavy (non-hydrogen) atoms. The van der Waals surface area contributed by atoms with Crippen LogP contribution >= 0.6 is 0 Å². The molecule has 2 rings (SSSR count). The molecule has 0 bridgehead atoms. The fraction of sp³-hybridized carbons (Fsp3) is 0.250. The minimum absolute atomic E-state index is 0.124. The number of hydrogen-bond donors (Lipinski definition) is 4. The van der Waals surface area contributed by atoms with Gasteiger partial charge in [-0.05, 0) is 12.0 Å². The number of carboxylic acid groups (broad SMARTS) is 1. The Morgan fingerprint density at radius 2 is 1.95 bits per heavy atom. The molecular weight excluding hydrogens is 250 g/mol. The second kappa shape index (κ2) is 7.12. The highest BCUT2D eigenvalue weighted by molar-refractivity contribution is 6.01. The molecule has 0 aliphatic carbocycles. The van der Waals surface area contributed by atoms with Gasteiger partial charge in [-0.15, -0.1) is 0 Å². The summed E-state index contributed by atoms with van der Waals surface area (Å²) in [5.74, 6) is -1.22. The molecule has 1 aromatic carbocycles. The maximum Gasteiger partial charge on any atom is 0.321 e. The zero-order valence-corrected chi connectivity index (χ0v) is 10.1. The summed E-state index contributed by atoms with van der Waals surface area (Å²) >= 11 is 0. The Bertz CT molecular complexity index is 447. The summed E-state index contributed by atoms with van der Waals surface area (Å²) < 4.78 is 0. The number of carboxylic acids is 1. The first-order chi connectivity index (χ1) is 8.99. The number of imide groups is 1. The molecule has 1 heterocycles. The molecule has 3 amide bonds. The van der Waals surface area contributed by atoms with Gasteiger partial charge in [0.15, 0.2) is 0 Å². The van der Waals surface area contributed by atoms with E-state index < -0.39 is 18.0 Å². The number of hydrogen-bond acceptors (Lipinski definition) is 4. The van der Waals surface area contributed by atoms with Gasteiger partial charge in [-0.25, -0.2) is 4.79 Å². The van der Waals surface area contributed by atoms with E-state index in [4.69, 9.17) is 10.8 Å². The van der Waals surface area contributed by atoms with E-state index in [1.54, 1.807) is 0 Å². The topological polar surface area (TPSA) is 122 Å². The summed E-state index contributed by atoms with van der Waals surface area (Å²) in [6, 6.07) is 8.15. The molecule has 7 nitrogen and oxygen atoms in total. The van der Waals surface area contributed by atoms with Gasteiger partial charge in [0.2, 0.25) is 5.91 Å². The van der Waals surface area contributed by atoms with Crippen molar-refractivity contribution in [3.63, 3.8) is 0 Å². The monoisotopic (exact) mass is 265 g/mol. The van der Waals surface area contributed by atoms with Crippen LogP contribution in [0.1, 0.15) is 5.56 Å². The minimum atomic E-state index is -0.959. The van der Waals surface area contributed by atoms with E-state index in [0.29, 0.717) is 6.42 Å². The van der Waals surface area contributed by atoms with Crippen LogP contribution in [-0.2, 0) is 16.0 Å². The highest BCUT2D eigenvalue weighted by Gasteiger charge is 2.14. The Labute approximate surface area is 109 Å². The van der Waals surface area contributed by atoms with Crippen LogP contribution in [-0.4, -0.2) is 35.6 Å². The third-order valence-corrected chi connectivity index (χ3v) is 2.28. The molecule has 1 saturated heterocycles. The zero-order valence-electron chi connectivity index (χ0n) is 10.1. The van der Waals surface area contributed by atoms with Crippen molar-refractivity contribution in [1.82, 2.24) is 10.6 Å². The number of carbonyl (C=O) groups excluding carboxylic acids is 2. The molecule has 1 aliphatic rings. The Hall–Kier alpha value is -2.41. The van der Waals surface area contributed by atoms with Gasteiger partial charge in [0.25, 0.3) is 0 Å². The van der Waals surface area contributed by atoms with Crippen LogP contribution in [0.3, 0.4) is 0 Å². The van der Waals surface area contributed by atoms with Crippen molar-refractivity contribution in [1.29, 1.82) is 0 Å². The molecule has 1 atom stereocenters. The molecule has 0 radical (unpaired) electrons. The Morgan fingerprint density at radius 1 is 1.32 bits per heavy atom. The van der Waals surface area contributed by atoms with E-state index in [1.807, 2.05) is 35.6 Å². The van der Waals surface area contributed by atoms with Crippen molar-refractivity contribution in [2.75, 3.05) is 6.54 Å². The molecule has 102 valence electrons. The number of benzene rings is 1. The van der Waals surface area contributed by atoms with E-state index in [9.17, 15) is 14.4 Å². The lowest BCUT2D eigenvalue weighted by atomic mass is 10.1. The van der Waals surface area contributed by atoms with Gasteiger partial charge < -0.3 is 16.2 Å². The lowest BCUT2D eigenvalue weighted by molar-refractivity contribution is -0.138. The summed E-state index contributed by atoms with van der Waals surface area (Å²) in [6.07, 6.45) is 0.385. The number of aliphatic carboxylic acids is 1. The van der Waals surface area contributed by atoms with E-state index in [0.717, 1.165) is 5.56 Å². The van der Waals surface area contributed by atoms with Gasteiger partial charge in [-0.1, -0.05) is 30.3 Å². The number of amides is 3. The summed E-state index contributed by atoms with van der Waals surface area (Å²) in [7, 11) is 0. The molecule has 0 saturated carbocycles. The molecule has 7 heteroatoms. The molecule has 1 aliphatic heterocycles. The van der Waals surface area contributed by atoms with E-state index in [1.165, 1.54) is 0 Å². The number of nitrogens with two attached hydrogens (primary N) is 1. The number of urea groups is 1. The highest BCUT2D eigenvalue weighted by Crippen LogP contribution is 2.01. The predicted octanol–water partition coefficient (Wildman–Crippen LogP) is -0.533. The lowest BCUT2D eigenvalue weighted by Gasteiger charge is -2.04. The van der Waals surface area contributed by atoms with Gasteiger partial charge in [-0.3, -0.25) is 14.9 Å². The van der Waals surface area contributed by atoms with Gasteiger partial charge in [0.05, 0.1) is 6.54 Å². The first-order valence-corrected chi connectivity index (χ1v) is 5.59. The third-order valence-electron chi connectivity index (χ3n) is 2.28. The maximum atomic E-state index is 10.4. The van der Waals surface area contributed by atoms with Crippen molar-refractivity contribution < 1.29 is 19.5 Å². The molecular formula is C12H15N3O4. The molecule has 1 aromatic rings.